The molecule has 1 aromatic carbocycles. The molecule has 0 spiro atoms. The highest BCUT2D eigenvalue weighted by Crippen LogP contribution is 2.27. The maximum Gasteiger partial charge on any atom is 0.167 e. The van der Waals surface area contributed by atoms with Gasteiger partial charge in [-0.15, -0.1) is 0 Å². The summed E-state index contributed by atoms with van der Waals surface area (Å²) < 4.78 is 32.0. The Morgan fingerprint density at radius 1 is 1.33 bits per heavy atom. The largest absolute Gasteiger partial charge is 0.494 e. The quantitative estimate of drug-likeness (QED) is 0.851. The van der Waals surface area contributed by atoms with E-state index in [2.05, 4.69) is 0 Å². The van der Waals surface area contributed by atoms with Gasteiger partial charge in [0.25, 0.3) is 0 Å². The van der Waals surface area contributed by atoms with Crippen molar-refractivity contribution in [3.8, 4) is 5.75 Å². The number of benzene rings is 1. The lowest BCUT2D eigenvalue weighted by Crippen LogP contribution is -2.27. The zero-order valence-electron chi connectivity index (χ0n) is 10.9. The second-order valence-corrected chi connectivity index (χ2v) is 4.28. The van der Waals surface area contributed by atoms with Crippen LogP contribution >= 0.6 is 0 Å². The second kappa shape index (κ2) is 6.54. The number of halogens is 2. The zero-order valence-corrected chi connectivity index (χ0v) is 10.9. The lowest BCUT2D eigenvalue weighted by molar-refractivity contribution is 0.225. The van der Waals surface area contributed by atoms with Gasteiger partial charge in [-0.3, -0.25) is 0 Å². The number of ether oxygens (including phenoxy) is 1. The molecule has 0 heterocycles. The highest BCUT2D eigenvalue weighted by molar-refractivity contribution is 5.50. The first-order valence-electron chi connectivity index (χ1n) is 5.88. The minimum atomic E-state index is -0.599. The third kappa shape index (κ3) is 3.32. The Balaban J connectivity index is 2.92. The molecule has 0 aliphatic carbocycles. The van der Waals surface area contributed by atoms with Gasteiger partial charge in [-0.1, -0.05) is 6.92 Å². The molecule has 0 bridgehead atoms. The van der Waals surface area contributed by atoms with Gasteiger partial charge < -0.3 is 14.7 Å². The van der Waals surface area contributed by atoms with Crippen molar-refractivity contribution in [3.05, 3.63) is 23.8 Å². The summed E-state index contributed by atoms with van der Waals surface area (Å²) in [6.07, 6.45) is 0.779. The molecule has 5 heteroatoms. The van der Waals surface area contributed by atoms with Crippen molar-refractivity contribution in [2.24, 2.45) is 5.92 Å². The number of rotatable bonds is 6. The highest BCUT2D eigenvalue weighted by Gasteiger charge is 2.16. The van der Waals surface area contributed by atoms with Crippen molar-refractivity contribution in [3.63, 3.8) is 0 Å². The predicted molar refractivity (Wildman–Crippen MR) is 67.0 cm³/mol. The summed E-state index contributed by atoms with van der Waals surface area (Å²) in [5, 5.41) is 9.11. The molecule has 0 aliphatic heterocycles. The first-order chi connectivity index (χ1) is 8.53. The van der Waals surface area contributed by atoms with Crippen molar-refractivity contribution in [2.45, 2.75) is 13.3 Å². The molecule has 1 rings (SSSR count). The Labute approximate surface area is 106 Å². The summed E-state index contributed by atoms with van der Waals surface area (Å²) in [4.78, 5) is 1.60. The molecule has 0 saturated carbocycles. The summed E-state index contributed by atoms with van der Waals surface area (Å²) in [6, 6.07) is 2.14. The summed E-state index contributed by atoms with van der Waals surface area (Å²) in [7, 11) is 2.96. The topological polar surface area (TPSA) is 32.7 Å². The monoisotopic (exact) mass is 259 g/mol. The van der Waals surface area contributed by atoms with Crippen LogP contribution in [-0.2, 0) is 0 Å². The van der Waals surface area contributed by atoms with E-state index < -0.39 is 11.6 Å². The maximum atomic E-state index is 13.8. The first kappa shape index (κ1) is 14.7. The van der Waals surface area contributed by atoms with E-state index in [1.807, 2.05) is 6.92 Å². The standard InChI is InChI=1S/C13H19F2NO2/c1-4-9(8-17)7-16(2)12-5-11(15)13(18-3)6-10(12)14/h5-6,9,17H,4,7-8H2,1-3H3. The zero-order chi connectivity index (χ0) is 13.7. The number of aliphatic hydroxyl groups excluding tert-OH is 1. The van der Waals surface area contributed by atoms with Crippen LogP contribution < -0.4 is 9.64 Å². The fourth-order valence-corrected chi connectivity index (χ4v) is 1.77. The Morgan fingerprint density at radius 3 is 2.50 bits per heavy atom. The van der Waals surface area contributed by atoms with Crippen LogP contribution in [0.25, 0.3) is 0 Å². The van der Waals surface area contributed by atoms with Gasteiger partial charge in [-0.25, -0.2) is 8.78 Å². The summed E-state index contributed by atoms with van der Waals surface area (Å²) in [5.41, 5.74) is 0.167. The molecular weight excluding hydrogens is 240 g/mol. The van der Waals surface area contributed by atoms with Gasteiger partial charge in [-0.2, -0.15) is 0 Å². The molecule has 102 valence electrons. The predicted octanol–water partition coefficient (Wildman–Crippen LogP) is 2.43. The van der Waals surface area contributed by atoms with Gasteiger partial charge in [0, 0.05) is 32.3 Å². The number of aliphatic hydroxyl groups is 1. The van der Waals surface area contributed by atoms with Crippen molar-refractivity contribution >= 4 is 5.69 Å². The van der Waals surface area contributed by atoms with Crippen molar-refractivity contribution in [1.82, 2.24) is 0 Å². The van der Waals surface area contributed by atoms with Crippen LogP contribution in [-0.4, -0.2) is 32.4 Å². The van der Waals surface area contributed by atoms with Crippen molar-refractivity contribution in [1.29, 1.82) is 0 Å². The first-order valence-corrected chi connectivity index (χ1v) is 5.88. The van der Waals surface area contributed by atoms with E-state index in [1.165, 1.54) is 7.11 Å². The Kier molecular flexibility index (Phi) is 5.34. The van der Waals surface area contributed by atoms with E-state index in [1.54, 1.807) is 11.9 Å². The molecule has 1 atom stereocenters. The molecule has 18 heavy (non-hydrogen) atoms. The average Bonchev–Trinajstić information content (AvgIpc) is 2.37. The van der Waals surface area contributed by atoms with Gasteiger partial charge >= 0.3 is 0 Å². The summed E-state index contributed by atoms with van der Waals surface area (Å²) in [5.74, 6) is -1.21. The number of anilines is 1. The Morgan fingerprint density at radius 2 is 2.00 bits per heavy atom. The SMILES string of the molecule is CCC(CO)CN(C)c1cc(F)c(OC)cc1F. The van der Waals surface area contributed by atoms with Crippen LogP contribution in [0.4, 0.5) is 14.5 Å². The van der Waals surface area contributed by atoms with E-state index in [4.69, 9.17) is 9.84 Å². The number of hydrogen-bond donors (Lipinski definition) is 1. The maximum absolute atomic E-state index is 13.8. The second-order valence-electron chi connectivity index (χ2n) is 4.28. The Bertz CT molecular complexity index is 395. The third-order valence-corrected chi connectivity index (χ3v) is 3.00. The van der Waals surface area contributed by atoms with Gasteiger partial charge in [0.2, 0.25) is 0 Å². The molecule has 1 unspecified atom stereocenters. The smallest absolute Gasteiger partial charge is 0.167 e. The lowest BCUT2D eigenvalue weighted by atomic mass is 10.1. The van der Waals surface area contributed by atoms with Crippen LogP contribution in [0.2, 0.25) is 0 Å². The minimum absolute atomic E-state index is 0.0289. The molecule has 0 amide bonds. The minimum Gasteiger partial charge on any atom is -0.494 e. The molecule has 0 aliphatic rings. The van der Waals surface area contributed by atoms with Gasteiger partial charge in [0.05, 0.1) is 12.8 Å². The van der Waals surface area contributed by atoms with E-state index >= 15 is 0 Å². The van der Waals surface area contributed by atoms with Crippen LogP contribution in [0.1, 0.15) is 13.3 Å². The number of nitrogens with zero attached hydrogens (tertiary/aromatic N) is 1. The average molecular weight is 259 g/mol. The molecule has 0 saturated heterocycles. The molecule has 0 radical (unpaired) electrons. The Hall–Kier alpha value is -1.36. The molecule has 1 aromatic rings. The van der Waals surface area contributed by atoms with Crippen LogP contribution in [0, 0.1) is 17.6 Å². The molecule has 0 aromatic heterocycles. The van der Waals surface area contributed by atoms with E-state index in [0.717, 1.165) is 18.6 Å². The van der Waals surface area contributed by atoms with Crippen LogP contribution in [0.3, 0.4) is 0 Å². The number of hydrogen-bond acceptors (Lipinski definition) is 3. The van der Waals surface area contributed by atoms with Crippen LogP contribution in [0.5, 0.6) is 5.75 Å². The van der Waals surface area contributed by atoms with Crippen molar-refractivity contribution in [2.75, 3.05) is 32.2 Å². The van der Waals surface area contributed by atoms with Crippen LogP contribution in [0.15, 0.2) is 12.1 Å². The summed E-state index contributed by atoms with van der Waals surface area (Å²) in [6.45, 7) is 2.44. The molecule has 3 nitrogen and oxygen atoms in total. The van der Waals surface area contributed by atoms with Gasteiger partial charge in [0.1, 0.15) is 5.82 Å². The lowest BCUT2D eigenvalue weighted by Gasteiger charge is -2.24. The van der Waals surface area contributed by atoms with E-state index in [-0.39, 0.29) is 24.0 Å². The van der Waals surface area contributed by atoms with Gasteiger partial charge in [-0.05, 0) is 12.3 Å². The fourth-order valence-electron chi connectivity index (χ4n) is 1.77. The number of methoxy groups -OCH3 is 1. The fraction of sp³-hybridized carbons (Fsp3) is 0.538. The van der Waals surface area contributed by atoms with E-state index in [0.29, 0.717) is 6.54 Å². The third-order valence-electron chi connectivity index (χ3n) is 3.00. The highest BCUT2D eigenvalue weighted by atomic mass is 19.1. The van der Waals surface area contributed by atoms with E-state index in [9.17, 15) is 8.78 Å². The van der Waals surface area contributed by atoms with Crippen molar-refractivity contribution < 1.29 is 18.6 Å². The molecule has 0 fully saturated rings. The molecule has 1 N–H and O–H groups in total. The molecular formula is C13H19F2NO2. The normalized spacial score (nSPS) is 12.3. The van der Waals surface area contributed by atoms with Gasteiger partial charge in [0.15, 0.2) is 11.6 Å². The summed E-state index contributed by atoms with van der Waals surface area (Å²) >= 11 is 0.